The SMILES string of the molecule is Nc1ccc(-c2ncccc2F)nc1C(=O)Cc1cnccc1N1CCC[C@H](N)C1. The highest BCUT2D eigenvalue weighted by Crippen LogP contribution is 2.26. The minimum atomic E-state index is -0.510. The van der Waals surface area contributed by atoms with E-state index < -0.39 is 5.82 Å². The number of anilines is 2. The molecule has 0 aromatic carbocycles. The van der Waals surface area contributed by atoms with Gasteiger partial charge in [-0.05, 0) is 43.2 Å². The number of aromatic nitrogens is 3. The van der Waals surface area contributed by atoms with Gasteiger partial charge in [-0.25, -0.2) is 9.37 Å². The molecule has 0 bridgehead atoms. The van der Waals surface area contributed by atoms with Crippen molar-refractivity contribution in [2.75, 3.05) is 23.7 Å². The number of ketones is 1. The third-order valence-corrected chi connectivity index (χ3v) is 5.22. The van der Waals surface area contributed by atoms with E-state index in [1.54, 1.807) is 24.5 Å². The van der Waals surface area contributed by atoms with E-state index in [4.69, 9.17) is 11.5 Å². The van der Waals surface area contributed by atoms with Gasteiger partial charge in [0.25, 0.3) is 0 Å². The van der Waals surface area contributed by atoms with Crippen LogP contribution in [0.15, 0.2) is 48.9 Å². The Balaban J connectivity index is 1.62. The molecule has 0 spiro atoms. The third-order valence-electron chi connectivity index (χ3n) is 5.22. The number of pyridine rings is 3. The highest BCUT2D eigenvalue weighted by Gasteiger charge is 2.22. The van der Waals surface area contributed by atoms with Crippen LogP contribution in [0.1, 0.15) is 28.9 Å². The van der Waals surface area contributed by atoms with Crippen molar-refractivity contribution >= 4 is 17.2 Å². The molecule has 0 amide bonds. The van der Waals surface area contributed by atoms with Gasteiger partial charge in [-0.3, -0.25) is 14.8 Å². The molecule has 154 valence electrons. The van der Waals surface area contributed by atoms with Gasteiger partial charge in [0.05, 0.1) is 11.4 Å². The lowest BCUT2D eigenvalue weighted by molar-refractivity contribution is 0.0989. The molecular weight excluding hydrogens is 383 g/mol. The van der Waals surface area contributed by atoms with Gasteiger partial charge < -0.3 is 16.4 Å². The molecule has 3 aromatic heterocycles. The predicted octanol–water partition coefficient (Wildman–Crippen LogP) is 2.61. The van der Waals surface area contributed by atoms with E-state index in [1.165, 1.54) is 18.3 Å². The topological polar surface area (TPSA) is 111 Å². The second-order valence-corrected chi connectivity index (χ2v) is 7.42. The Labute approximate surface area is 174 Å². The van der Waals surface area contributed by atoms with Crippen LogP contribution in [0.3, 0.4) is 0 Å². The van der Waals surface area contributed by atoms with Gasteiger partial charge in [-0.1, -0.05) is 0 Å². The Bertz CT molecular complexity index is 1070. The number of carbonyl (C=O) groups is 1. The van der Waals surface area contributed by atoms with Crippen LogP contribution in [0, 0.1) is 5.82 Å². The van der Waals surface area contributed by atoms with E-state index >= 15 is 0 Å². The number of halogens is 1. The first kappa shape index (κ1) is 19.9. The van der Waals surface area contributed by atoms with Gasteiger partial charge in [0.2, 0.25) is 0 Å². The molecule has 8 heteroatoms. The number of nitrogens with zero attached hydrogens (tertiary/aromatic N) is 4. The van der Waals surface area contributed by atoms with E-state index in [1.807, 2.05) is 6.07 Å². The van der Waals surface area contributed by atoms with Crippen LogP contribution >= 0.6 is 0 Å². The molecule has 1 saturated heterocycles. The van der Waals surface area contributed by atoms with Crippen molar-refractivity contribution in [2.45, 2.75) is 25.3 Å². The maximum atomic E-state index is 14.1. The molecule has 3 aromatic rings. The maximum absolute atomic E-state index is 14.1. The Morgan fingerprint density at radius 2 is 2.10 bits per heavy atom. The smallest absolute Gasteiger partial charge is 0.187 e. The molecule has 0 aliphatic carbocycles. The van der Waals surface area contributed by atoms with Crippen molar-refractivity contribution in [1.82, 2.24) is 15.0 Å². The molecule has 0 unspecified atom stereocenters. The Morgan fingerprint density at radius 3 is 2.90 bits per heavy atom. The van der Waals surface area contributed by atoms with Crippen molar-refractivity contribution in [2.24, 2.45) is 5.73 Å². The first-order valence-corrected chi connectivity index (χ1v) is 9.87. The minimum absolute atomic E-state index is 0.0796. The van der Waals surface area contributed by atoms with Crippen molar-refractivity contribution in [3.63, 3.8) is 0 Å². The zero-order valence-electron chi connectivity index (χ0n) is 16.5. The molecule has 0 radical (unpaired) electrons. The summed E-state index contributed by atoms with van der Waals surface area (Å²) in [6.45, 7) is 1.62. The van der Waals surface area contributed by atoms with E-state index in [-0.39, 0.29) is 41.0 Å². The lowest BCUT2D eigenvalue weighted by Crippen LogP contribution is -2.43. The van der Waals surface area contributed by atoms with Crippen LogP contribution < -0.4 is 16.4 Å². The van der Waals surface area contributed by atoms with E-state index in [0.29, 0.717) is 0 Å². The number of nitrogen functional groups attached to an aromatic ring is 1. The van der Waals surface area contributed by atoms with Gasteiger partial charge in [-0.15, -0.1) is 0 Å². The van der Waals surface area contributed by atoms with Crippen molar-refractivity contribution in [3.8, 4) is 11.4 Å². The zero-order valence-corrected chi connectivity index (χ0v) is 16.5. The van der Waals surface area contributed by atoms with E-state index in [0.717, 1.165) is 37.2 Å². The molecule has 1 aliphatic heterocycles. The van der Waals surface area contributed by atoms with Crippen LogP contribution in [-0.2, 0) is 6.42 Å². The summed E-state index contributed by atoms with van der Waals surface area (Å²) in [4.78, 5) is 27.8. The van der Waals surface area contributed by atoms with Crippen LogP contribution in [-0.4, -0.2) is 39.9 Å². The number of piperidine rings is 1. The molecule has 1 atom stereocenters. The fourth-order valence-corrected chi connectivity index (χ4v) is 3.75. The Morgan fingerprint density at radius 1 is 1.23 bits per heavy atom. The number of Topliss-reactive ketones (excluding diaryl/α,β-unsaturated/α-hetero) is 1. The minimum Gasteiger partial charge on any atom is -0.397 e. The van der Waals surface area contributed by atoms with Gasteiger partial charge in [0, 0.05) is 55.4 Å². The maximum Gasteiger partial charge on any atom is 0.187 e. The van der Waals surface area contributed by atoms with Crippen molar-refractivity contribution < 1.29 is 9.18 Å². The summed E-state index contributed by atoms with van der Waals surface area (Å²) in [6, 6.07) is 7.92. The fourth-order valence-electron chi connectivity index (χ4n) is 3.75. The summed E-state index contributed by atoms with van der Waals surface area (Å²) in [6.07, 6.45) is 6.95. The number of carbonyl (C=O) groups excluding carboxylic acids is 1. The molecule has 4 heterocycles. The monoisotopic (exact) mass is 406 g/mol. The lowest BCUT2D eigenvalue weighted by atomic mass is 10.0. The number of hydrogen-bond donors (Lipinski definition) is 2. The standard InChI is InChI=1S/C22H23FN6O/c23-16-4-1-8-27-21(16)18-6-5-17(25)22(28-18)20(30)11-14-12-26-9-7-19(14)29-10-2-3-15(24)13-29/h1,4-9,12,15H,2-3,10-11,13,24-25H2/t15-/m0/s1. The van der Waals surface area contributed by atoms with Crippen LogP contribution in [0.2, 0.25) is 0 Å². The quantitative estimate of drug-likeness (QED) is 0.627. The second-order valence-electron chi connectivity index (χ2n) is 7.42. The lowest BCUT2D eigenvalue weighted by Gasteiger charge is -2.33. The summed E-state index contributed by atoms with van der Waals surface area (Å²) in [7, 11) is 0. The van der Waals surface area contributed by atoms with Gasteiger partial charge >= 0.3 is 0 Å². The molecule has 1 aliphatic rings. The zero-order chi connectivity index (χ0) is 21.1. The van der Waals surface area contributed by atoms with Crippen molar-refractivity contribution in [3.05, 3.63) is 66.0 Å². The molecule has 4 rings (SSSR count). The molecule has 4 N–H and O–H groups in total. The van der Waals surface area contributed by atoms with Crippen LogP contribution in [0.5, 0.6) is 0 Å². The average Bonchev–Trinajstić information content (AvgIpc) is 2.75. The van der Waals surface area contributed by atoms with Crippen molar-refractivity contribution in [1.29, 1.82) is 0 Å². The third kappa shape index (κ3) is 4.13. The van der Waals surface area contributed by atoms with E-state index in [9.17, 15) is 9.18 Å². The molecule has 30 heavy (non-hydrogen) atoms. The van der Waals surface area contributed by atoms with Crippen LogP contribution in [0.25, 0.3) is 11.4 Å². The largest absolute Gasteiger partial charge is 0.397 e. The second kappa shape index (κ2) is 8.54. The molecular formula is C22H23FN6O. The summed E-state index contributed by atoms with van der Waals surface area (Å²) in [5.41, 5.74) is 14.6. The predicted molar refractivity (Wildman–Crippen MR) is 114 cm³/mol. The van der Waals surface area contributed by atoms with Gasteiger partial charge in [0.15, 0.2) is 11.6 Å². The normalized spacial score (nSPS) is 16.5. The van der Waals surface area contributed by atoms with Crippen LogP contribution in [0.4, 0.5) is 15.8 Å². The van der Waals surface area contributed by atoms with Gasteiger partial charge in [-0.2, -0.15) is 0 Å². The number of hydrogen-bond acceptors (Lipinski definition) is 7. The summed E-state index contributed by atoms with van der Waals surface area (Å²) in [5.74, 6) is -0.773. The summed E-state index contributed by atoms with van der Waals surface area (Å²) >= 11 is 0. The van der Waals surface area contributed by atoms with Gasteiger partial charge in [0.1, 0.15) is 11.4 Å². The molecule has 7 nitrogen and oxygen atoms in total. The summed E-state index contributed by atoms with van der Waals surface area (Å²) in [5, 5.41) is 0. The highest BCUT2D eigenvalue weighted by atomic mass is 19.1. The molecule has 1 fully saturated rings. The fraction of sp³-hybridized carbons (Fsp3) is 0.273. The number of nitrogens with two attached hydrogens (primary N) is 2. The highest BCUT2D eigenvalue weighted by molar-refractivity contribution is 6.01. The van der Waals surface area contributed by atoms with E-state index in [2.05, 4.69) is 19.9 Å². The first-order chi connectivity index (χ1) is 14.5. The Hall–Kier alpha value is -3.39. The average molecular weight is 406 g/mol. The summed E-state index contributed by atoms with van der Waals surface area (Å²) < 4.78 is 14.1. The number of rotatable bonds is 5. The Kier molecular flexibility index (Phi) is 5.67. The molecule has 0 saturated carbocycles. The first-order valence-electron chi connectivity index (χ1n) is 9.87.